The smallest absolute Gasteiger partial charge is 0.417 e. The van der Waals surface area contributed by atoms with Crippen LogP contribution in [-0.2, 0) is 22.4 Å². The van der Waals surface area contributed by atoms with Crippen molar-refractivity contribution in [1.29, 1.82) is 0 Å². The Bertz CT molecular complexity index is 3090. The molecule has 0 saturated carbocycles. The number of benzene rings is 6. The molecule has 0 spiro atoms. The van der Waals surface area contributed by atoms with Gasteiger partial charge in [-0.15, -0.1) is 0 Å². The number of halogens is 3. The Morgan fingerprint density at radius 2 is 1.11 bits per heavy atom. The fourth-order valence-electron chi connectivity index (χ4n) is 9.24. The molecule has 0 bridgehead atoms. The third-order valence-corrected chi connectivity index (χ3v) is 12.8. The van der Waals surface area contributed by atoms with E-state index in [1.807, 2.05) is 53.1 Å². The number of ether oxygens (including phenoxy) is 1. The van der Waals surface area contributed by atoms with Crippen LogP contribution < -0.4 is 14.5 Å². The maximum atomic E-state index is 15.4. The second-order valence-electron chi connectivity index (χ2n) is 20.7. The van der Waals surface area contributed by atoms with Gasteiger partial charge >= 0.3 is 6.18 Å². The summed E-state index contributed by atoms with van der Waals surface area (Å²) >= 11 is 0. The molecule has 0 fully saturated rings. The minimum atomic E-state index is -4.68. The number of nitrogens with zero attached hydrogens (tertiary/aromatic N) is 4. The number of hydrogen-bond acceptors (Lipinski definition) is 4. The highest BCUT2D eigenvalue weighted by atomic mass is 19.4. The SMILES string of the molecule is Cc1cccc(C)c1-c1cc(Oc2cc(C(F)(F)F)c3c4ccccc4n(-c4cc(C(C)(C)C)ccn4)c3c2)cc(N2CN(c3cc(C(C)(C)C)cc(C(C)(C)C)c3)c3ccccc32)c1. The average Bonchev–Trinajstić information content (AvgIpc) is 3.78. The molecule has 6 aromatic carbocycles. The summed E-state index contributed by atoms with van der Waals surface area (Å²) in [5.41, 5.74) is 11.6. The van der Waals surface area contributed by atoms with Gasteiger partial charge in [-0.1, -0.05) is 117 Å². The van der Waals surface area contributed by atoms with Gasteiger partial charge < -0.3 is 14.5 Å². The Balaban J connectivity index is 1.23. The number of aromatic nitrogens is 2. The molecule has 332 valence electrons. The number of rotatable bonds is 6. The van der Waals surface area contributed by atoms with Crippen molar-refractivity contribution in [3.63, 3.8) is 0 Å². The second kappa shape index (κ2) is 15.6. The molecule has 0 unspecified atom stereocenters. The van der Waals surface area contributed by atoms with Crippen molar-refractivity contribution >= 4 is 44.6 Å². The molecule has 1 aliphatic heterocycles. The van der Waals surface area contributed by atoms with Crippen LogP contribution in [0.5, 0.6) is 11.5 Å². The monoisotopic (exact) mass is 870 g/mol. The zero-order chi connectivity index (χ0) is 46.4. The van der Waals surface area contributed by atoms with Crippen LogP contribution in [-0.4, -0.2) is 16.2 Å². The number of pyridine rings is 1. The molecule has 65 heavy (non-hydrogen) atoms. The van der Waals surface area contributed by atoms with Crippen molar-refractivity contribution in [3.8, 4) is 28.4 Å². The minimum absolute atomic E-state index is 0.0719. The van der Waals surface area contributed by atoms with Gasteiger partial charge in [-0.25, -0.2) is 4.98 Å². The Kier molecular flexibility index (Phi) is 10.5. The molecule has 0 amide bonds. The van der Waals surface area contributed by atoms with E-state index in [1.165, 1.54) is 11.1 Å². The van der Waals surface area contributed by atoms with Crippen molar-refractivity contribution in [2.45, 2.75) is 98.6 Å². The zero-order valence-electron chi connectivity index (χ0n) is 39.2. The highest BCUT2D eigenvalue weighted by molar-refractivity contribution is 6.11. The van der Waals surface area contributed by atoms with Crippen LogP contribution in [0.15, 0.2) is 134 Å². The Hall–Kier alpha value is -6.54. The summed E-state index contributed by atoms with van der Waals surface area (Å²) in [4.78, 5) is 9.36. The summed E-state index contributed by atoms with van der Waals surface area (Å²) in [5.74, 6) is 1.03. The number of anilines is 4. The quantitative estimate of drug-likeness (QED) is 0.167. The van der Waals surface area contributed by atoms with Crippen molar-refractivity contribution in [2.24, 2.45) is 0 Å². The van der Waals surface area contributed by atoms with Gasteiger partial charge in [-0.2, -0.15) is 13.2 Å². The first-order valence-corrected chi connectivity index (χ1v) is 22.4. The number of hydrogen-bond donors (Lipinski definition) is 0. The van der Waals surface area contributed by atoms with Crippen molar-refractivity contribution < 1.29 is 17.9 Å². The van der Waals surface area contributed by atoms with Gasteiger partial charge in [-0.3, -0.25) is 4.57 Å². The Morgan fingerprint density at radius 1 is 0.538 bits per heavy atom. The fourth-order valence-corrected chi connectivity index (χ4v) is 9.24. The average molecular weight is 871 g/mol. The molecule has 5 nitrogen and oxygen atoms in total. The van der Waals surface area contributed by atoms with E-state index in [0.29, 0.717) is 34.7 Å². The third kappa shape index (κ3) is 8.13. The van der Waals surface area contributed by atoms with Crippen LogP contribution in [0.4, 0.5) is 35.9 Å². The molecule has 0 atom stereocenters. The van der Waals surface area contributed by atoms with Gasteiger partial charge in [0, 0.05) is 40.5 Å². The largest absolute Gasteiger partial charge is 0.457 e. The summed E-state index contributed by atoms with van der Waals surface area (Å²) in [6.45, 7) is 24.5. The molecule has 2 aromatic heterocycles. The number of aryl methyl sites for hydroxylation is 2. The second-order valence-corrected chi connectivity index (χ2v) is 20.7. The molecule has 8 aromatic rings. The molecular formula is C57H57F3N4O. The molecule has 0 saturated heterocycles. The molecular weight excluding hydrogens is 814 g/mol. The highest BCUT2D eigenvalue weighted by Gasteiger charge is 2.36. The summed E-state index contributed by atoms with van der Waals surface area (Å²) in [6.07, 6.45) is -2.96. The summed E-state index contributed by atoms with van der Waals surface area (Å²) in [7, 11) is 0. The van der Waals surface area contributed by atoms with Gasteiger partial charge in [-0.05, 0) is 130 Å². The molecule has 0 radical (unpaired) electrons. The number of alkyl halides is 3. The molecule has 3 heterocycles. The fraction of sp³-hybridized carbons (Fsp3) is 0.281. The predicted octanol–water partition coefficient (Wildman–Crippen LogP) is 16.4. The first kappa shape index (κ1) is 43.7. The Labute approximate surface area is 381 Å². The van der Waals surface area contributed by atoms with Crippen LogP contribution in [0.3, 0.4) is 0 Å². The highest BCUT2D eigenvalue weighted by Crippen LogP contribution is 2.49. The van der Waals surface area contributed by atoms with E-state index in [2.05, 4.69) is 141 Å². The molecule has 1 aliphatic rings. The lowest BCUT2D eigenvalue weighted by atomic mass is 9.80. The van der Waals surface area contributed by atoms with E-state index in [9.17, 15) is 0 Å². The molecule has 8 heteroatoms. The van der Waals surface area contributed by atoms with E-state index in [-0.39, 0.29) is 27.4 Å². The van der Waals surface area contributed by atoms with E-state index in [0.717, 1.165) is 56.6 Å². The summed E-state index contributed by atoms with van der Waals surface area (Å²) in [5, 5.41) is 0.593. The van der Waals surface area contributed by atoms with E-state index < -0.39 is 11.7 Å². The van der Waals surface area contributed by atoms with E-state index >= 15 is 13.2 Å². The molecule has 9 rings (SSSR count). The number of fused-ring (bicyclic) bond motifs is 4. The Morgan fingerprint density at radius 3 is 1.71 bits per heavy atom. The molecule has 0 aliphatic carbocycles. The third-order valence-electron chi connectivity index (χ3n) is 12.8. The first-order valence-electron chi connectivity index (χ1n) is 22.4. The van der Waals surface area contributed by atoms with Gasteiger partial charge in [0.05, 0.1) is 28.0 Å². The van der Waals surface area contributed by atoms with Gasteiger partial charge in [0.2, 0.25) is 0 Å². The number of para-hydroxylation sites is 3. The van der Waals surface area contributed by atoms with Gasteiger partial charge in [0.1, 0.15) is 24.0 Å². The first-order chi connectivity index (χ1) is 30.6. The van der Waals surface area contributed by atoms with Crippen LogP contribution >= 0.6 is 0 Å². The summed E-state index contributed by atoms with van der Waals surface area (Å²) < 4.78 is 54.9. The van der Waals surface area contributed by atoms with E-state index in [1.54, 1.807) is 24.4 Å². The lowest BCUT2D eigenvalue weighted by molar-refractivity contribution is -0.136. The van der Waals surface area contributed by atoms with Crippen LogP contribution in [0, 0.1) is 13.8 Å². The van der Waals surface area contributed by atoms with Crippen LogP contribution in [0.2, 0.25) is 0 Å². The van der Waals surface area contributed by atoms with Gasteiger partial charge in [0.15, 0.2) is 0 Å². The van der Waals surface area contributed by atoms with Crippen LogP contribution in [0.1, 0.15) is 95.7 Å². The zero-order valence-corrected chi connectivity index (χ0v) is 39.2. The summed E-state index contributed by atoms with van der Waals surface area (Å²) in [6, 6.07) is 41.6. The van der Waals surface area contributed by atoms with Crippen molar-refractivity contribution in [3.05, 3.63) is 167 Å². The standard InChI is InChI=1S/C57H57F3N4O/c1-35-17-16-18-36(2)52(35)37-25-41(62-34-63(49-22-15-14-21-48(49)62)42-28-39(55(6,7)8)27-40(29-42)56(9,10)11)31-43(26-37)65-44-32-46(57(58,59)60)53-45-19-12-13-20-47(45)64(50(53)33-44)51-30-38(23-24-61-51)54(3,4)5/h12-33H,34H2,1-11H3. The van der Waals surface area contributed by atoms with Crippen molar-refractivity contribution in [2.75, 3.05) is 16.5 Å². The molecule has 0 N–H and O–H groups in total. The lowest BCUT2D eigenvalue weighted by Gasteiger charge is -2.29. The van der Waals surface area contributed by atoms with E-state index in [4.69, 9.17) is 9.72 Å². The lowest BCUT2D eigenvalue weighted by Crippen LogP contribution is -2.25. The normalized spacial score (nSPS) is 13.6. The maximum absolute atomic E-state index is 15.4. The minimum Gasteiger partial charge on any atom is -0.457 e. The van der Waals surface area contributed by atoms with Gasteiger partial charge in [0.25, 0.3) is 0 Å². The van der Waals surface area contributed by atoms with Crippen LogP contribution in [0.25, 0.3) is 38.8 Å². The maximum Gasteiger partial charge on any atom is 0.417 e. The topological polar surface area (TPSA) is 33.5 Å². The van der Waals surface area contributed by atoms with Crippen molar-refractivity contribution in [1.82, 2.24) is 9.55 Å². The predicted molar refractivity (Wildman–Crippen MR) is 263 cm³/mol.